The topological polar surface area (TPSA) is 66.4 Å². The third-order valence-electron chi connectivity index (χ3n) is 3.54. The smallest absolute Gasteiger partial charge is 0.279 e. The first-order chi connectivity index (χ1) is 10.6. The summed E-state index contributed by atoms with van der Waals surface area (Å²) in [5.41, 5.74) is 1.68. The van der Waals surface area contributed by atoms with Crippen molar-refractivity contribution in [3.05, 3.63) is 48.5 Å². The van der Waals surface area contributed by atoms with Crippen LogP contribution in [0, 0.1) is 0 Å². The number of hydrogen-bond donors (Lipinski definition) is 0. The SMILES string of the molecule is CC(C)N1C(=O)CN(C(=O)c2cnccn2)c2ccccc21. The summed E-state index contributed by atoms with van der Waals surface area (Å²) in [6, 6.07) is 7.43. The highest BCUT2D eigenvalue weighted by atomic mass is 16.2. The largest absolute Gasteiger partial charge is 0.306 e. The van der Waals surface area contributed by atoms with Crippen LogP contribution in [-0.4, -0.2) is 34.4 Å². The van der Waals surface area contributed by atoms with Gasteiger partial charge in [0, 0.05) is 18.4 Å². The molecule has 1 aromatic carbocycles. The second-order valence-corrected chi connectivity index (χ2v) is 5.33. The third kappa shape index (κ3) is 2.32. The highest BCUT2D eigenvalue weighted by Gasteiger charge is 2.34. The molecule has 3 rings (SSSR count). The van der Waals surface area contributed by atoms with Gasteiger partial charge < -0.3 is 4.90 Å². The number of para-hydroxylation sites is 2. The number of hydrogen-bond acceptors (Lipinski definition) is 4. The number of carbonyl (C=O) groups is 2. The van der Waals surface area contributed by atoms with E-state index in [1.54, 1.807) is 4.90 Å². The van der Waals surface area contributed by atoms with Crippen LogP contribution in [0.4, 0.5) is 11.4 Å². The Morgan fingerprint density at radius 1 is 1.18 bits per heavy atom. The summed E-state index contributed by atoms with van der Waals surface area (Å²) in [5.74, 6) is -0.428. The summed E-state index contributed by atoms with van der Waals surface area (Å²) < 4.78 is 0. The number of nitrogens with zero attached hydrogens (tertiary/aromatic N) is 4. The minimum Gasteiger partial charge on any atom is -0.306 e. The van der Waals surface area contributed by atoms with Gasteiger partial charge in [0.25, 0.3) is 5.91 Å². The van der Waals surface area contributed by atoms with E-state index >= 15 is 0 Å². The molecule has 22 heavy (non-hydrogen) atoms. The van der Waals surface area contributed by atoms with Crippen molar-refractivity contribution in [1.82, 2.24) is 9.97 Å². The van der Waals surface area contributed by atoms with Crippen molar-refractivity contribution in [3.8, 4) is 0 Å². The lowest BCUT2D eigenvalue weighted by Gasteiger charge is -2.38. The zero-order valence-electron chi connectivity index (χ0n) is 12.4. The highest BCUT2D eigenvalue weighted by molar-refractivity contribution is 6.15. The molecule has 0 bridgehead atoms. The van der Waals surface area contributed by atoms with E-state index in [0.29, 0.717) is 5.69 Å². The number of carbonyl (C=O) groups excluding carboxylic acids is 2. The summed E-state index contributed by atoms with van der Waals surface area (Å²) >= 11 is 0. The van der Waals surface area contributed by atoms with Gasteiger partial charge in [-0.25, -0.2) is 4.98 Å². The molecule has 2 amide bonds. The molecule has 2 aromatic rings. The predicted molar refractivity (Wildman–Crippen MR) is 82.8 cm³/mol. The Hall–Kier alpha value is -2.76. The van der Waals surface area contributed by atoms with Crippen LogP contribution in [0.5, 0.6) is 0 Å². The maximum absolute atomic E-state index is 12.6. The highest BCUT2D eigenvalue weighted by Crippen LogP contribution is 2.35. The molecule has 0 saturated heterocycles. The van der Waals surface area contributed by atoms with Crippen LogP contribution in [0.25, 0.3) is 0 Å². The minimum atomic E-state index is -0.322. The van der Waals surface area contributed by atoms with E-state index in [1.165, 1.54) is 23.5 Å². The van der Waals surface area contributed by atoms with E-state index in [4.69, 9.17) is 0 Å². The van der Waals surface area contributed by atoms with Gasteiger partial charge in [0.15, 0.2) is 0 Å². The van der Waals surface area contributed by atoms with Gasteiger partial charge >= 0.3 is 0 Å². The van der Waals surface area contributed by atoms with E-state index in [9.17, 15) is 9.59 Å². The second kappa shape index (κ2) is 5.55. The van der Waals surface area contributed by atoms with Crippen molar-refractivity contribution < 1.29 is 9.59 Å². The van der Waals surface area contributed by atoms with Crippen molar-refractivity contribution >= 4 is 23.2 Å². The van der Waals surface area contributed by atoms with Gasteiger partial charge in [-0.05, 0) is 26.0 Å². The van der Waals surface area contributed by atoms with Gasteiger partial charge in [-0.2, -0.15) is 0 Å². The Balaban J connectivity index is 2.05. The van der Waals surface area contributed by atoms with Crippen LogP contribution in [0.2, 0.25) is 0 Å². The van der Waals surface area contributed by atoms with Gasteiger partial charge in [0.2, 0.25) is 5.91 Å². The maximum Gasteiger partial charge on any atom is 0.279 e. The molecule has 0 radical (unpaired) electrons. The molecule has 2 heterocycles. The molecule has 1 aliphatic rings. The van der Waals surface area contributed by atoms with Crippen LogP contribution in [0.3, 0.4) is 0 Å². The zero-order valence-corrected chi connectivity index (χ0v) is 12.4. The van der Waals surface area contributed by atoms with E-state index in [1.807, 2.05) is 38.1 Å². The molecule has 0 saturated carbocycles. The predicted octanol–water partition coefficient (Wildman–Crippen LogP) is 1.88. The number of amides is 2. The average molecular weight is 296 g/mol. The van der Waals surface area contributed by atoms with Crippen molar-refractivity contribution in [2.24, 2.45) is 0 Å². The van der Waals surface area contributed by atoms with Crippen LogP contribution in [0.15, 0.2) is 42.9 Å². The number of rotatable bonds is 2. The molecule has 0 unspecified atom stereocenters. The first-order valence-electron chi connectivity index (χ1n) is 7.08. The normalized spacial score (nSPS) is 14.2. The van der Waals surface area contributed by atoms with Crippen LogP contribution < -0.4 is 9.80 Å². The lowest BCUT2D eigenvalue weighted by molar-refractivity contribution is -0.117. The molecule has 0 fully saturated rings. The minimum absolute atomic E-state index is 0.00456. The Morgan fingerprint density at radius 3 is 2.55 bits per heavy atom. The molecule has 0 atom stereocenters. The number of fused-ring (bicyclic) bond motifs is 1. The first kappa shape index (κ1) is 14.2. The van der Waals surface area contributed by atoms with Gasteiger partial charge in [-0.15, -0.1) is 0 Å². The number of anilines is 2. The molecule has 0 spiro atoms. The fourth-order valence-corrected chi connectivity index (χ4v) is 2.62. The zero-order chi connectivity index (χ0) is 15.7. The van der Waals surface area contributed by atoms with Crippen LogP contribution >= 0.6 is 0 Å². The fourth-order valence-electron chi connectivity index (χ4n) is 2.62. The quantitative estimate of drug-likeness (QED) is 0.848. The van der Waals surface area contributed by atoms with Crippen LogP contribution in [-0.2, 0) is 4.79 Å². The monoisotopic (exact) mass is 296 g/mol. The van der Waals surface area contributed by atoms with Gasteiger partial charge in [-0.3, -0.25) is 19.5 Å². The lowest BCUT2D eigenvalue weighted by Crippen LogP contribution is -2.50. The molecular formula is C16H16N4O2. The second-order valence-electron chi connectivity index (χ2n) is 5.33. The van der Waals surface area contributed by atoms with Gasteiger partial charge in [0.1, 0.15) is 12.2 Å². The Labute approximate surface area is 128 Å². The Kier molecular flexibility index (Phi) is 3.58. The maximum atomic E-state index is 12.6. The van der Waals surface area contributed by atoms with Crippen LogP contribution in [0.1, 0.15) is 24.3 Å². The fraction of sp³-hybridized carbons (Fsp3) is 0.250. The molecule has 1 aliphatic heterocycles. The average Bonchev–Trinajstić information content (AvgIpc) is 2.53. The molecular weight excluding hydrogens is 280 g/mol. The molecule has 0 aliphatic carbocycles. The Bertz CT molecular complexity index is 715. The molecule has 112 valence electrons. The molecule has 0 N–H and O–H groups in total. The van der Waals surface area contributed by atoms with Gasteiger partial charge in [-0.1, -0.05) is 12.1 Å². The summed E-state index contributed by atoms with van der Waals surface area (Å²) in [6.45, 7) is 3.91. The van der Waals surface area contributed by atoms with E-state index in [0.717, 1.165) is 5.69 Å². The summed E-state index contributed by atoms with van der Waals surface area (Å²) in [5, 5.41) is 0. The van der Waals surface area contributed by atoms with Crippen molar-refractivity contribution in [3.63, 3.8) is 0 Å². The molecule has 1 aromatic heterocycles. The summed E-state index contributed by atoms with van der Waals surface area (Å²) in [6.07, 6.45) is 4.38. The van der Waals surface area contributed by atoms with E-state index < -0.39 is 0 Å². The lowest BCUT2D eigenvalue weighted by atomic mass is 10.1. The molecule has 6 heteroatoms. The van der Waals surface area contributed by atoms with E-state index in [-0.39, 0.29) is 30.1 Å². The first-order valence-corrected chi connectivity index (χ1v) is 7.08. The van der Waals surface area contributed by atoms with E-state index in [2.05, 4.69) is 9.97 Å². The number of benzene rings is 1. The number of aromatic nitrogens is 2. The standard InChI is InChI=1S/C16H16N4O2/c1-11(2)20-14-6-4-3-5-13(14)19(10-15(20)21)16(22)12-9-17-7-8-18-12/h3-9,11H,10H2,1-2H3. The van der Waals surface area contributed by atoms with Crippen molar-refractivity contribution in [2.75, 3.05) is 16.3 Å². The Morgan fingerprint density at radius 2 is 1.91 bits per heavy atom. The van der Waals surface area contributed by atoms with Crippen molar-refractivity contribution in [1.29, 1.82) is 0 Å². The third-order valence-corrected chi connectivity index (χ3v) is 3.54. The van der Waals surface area contributed by atoms with Crippen molar-refractivity contribution in [2.45, 2.75) is 19.9 Å². The summed E-state index contributed by atoms with van der Waals surface area (Å²) in [4.78, 5) is 36.2. The van der Waals surface area contributed by atoms with Gasteiger partial charge in [0.05, 0.1) is 17.6 Å². The summed E-state index contributed by atoms with van der Waals surface area (Å²) in [7, 11) is 0. The molecule has 6 nitrogen and oxygen atoms in total.